The SMILES string of the molecule is CCCNC(c1ccc(Cl)o1)c1csc2ccccc12. The Morgan fingerprint density at radius 3 is 2.85 bits per heavy atom. The predicted molar refractivity (Wildman–Crippen MR) is 85.7 cm³/mol. The Morgan fingerprint density at radius 2 is 2.10 bits per heavy atom. The van der Waals surface area contributed by atoms with Crippen molar-refractivity contribution in [2.24, 2.45) is 0 Å². The number of hydrogen-bond donors (Lipinski definition) is 1. The lowest BCUT2D eigenvalue weighted by Gasteiger charge is -2.16. The van der Waals surface area contributed by atoms with Crippen LogP contribution in [0.5, 0.6) is 0 Å². The van der Waals surface area contributed by atoms with E-state index in [1.807, 2.05) is 6.07 Å². The number of halogens is 1. The fourth-order valence-electron chi connectivity index (χ4n) is 2.36. The highest BCUT2D eigenvalue weighted by Gasteiger charge is 2.20. The van der Waals surface area contributed by atoms with Crippen molar-refractivity contribution in [3.8, 4) is 0 Å². The van der Waals surface area contributed by atoms with Gasteiger partial charge in [0.15, 0.2) is 5.22 Å². The highest BCUT2D eigenvalue weighted by molar-refractivity contribution is 7.17. The van der Waals surface area contributed by atoms with E-state index in [0.717, 1.165) is 18.7 Å². The van der Waals surface area contributed by atoms with Gasteiger partial charge in [0, 0.05) is 4.70 Å². The Balaban J connectivity index is 2.04. The molecule has 2 nitrogen and oxygen atoms in total. The largest absolute Gasteiger partial charge is 0.448 e. The van der Waals surface area contributed by atoms with Gasteiger partial charge < -0.3 is 9.73 Å². The third-order valence-electron chi connectivity index (χ3n) is 3.30. The van der Waals surface area contributed by atoms with Crippen LogP contribution < -0.4 is 5.32 Å². The maximum Gasteiger partial charge on any atom is 0.193 e. The summed E-state index contributed by atoms with van der Waals surface area (Å²) in [5.74, 6) is 0.868. The first-order valence-electron chi connectivity index (χ1n) is 6.74. The van der Waals surface area contributed by atoms with Crippen molar-refractivity contribution < 1.29 is 4.42 Å². The molecule has 1 atom stereocenters. The second-order valence-corrected chi connectivity index (χ2v) is 6.00. The van der Waals surface area contributed by atoms with E-state index in [2.05, 4.69) is 41.9 Å². The molecule has 0 spiro atoms. The lowest BCUT2D eigenvalue weighted by atomic mass is 10.0. The number of benzene rings is 1. The van der Waals surface area contributed by atoms with Crippen LogP contribution in [-0.4, -0.2) is 6.54 Å². The third kappa shape index (κ3) is 2.62. The Kier molecular flexibility index (Phi) is 4.10. The first-order chi connectivity index (χ1) is 9.79. The molecule has 0 aliphatic heterocycles. The summed E-state index contributed by atoms with van der Waals surface area (Å²) in [7, 11) is 0. The van der Waals surface area contributed by atoms with Gasteiger partial charge in [0.1, 0.15) is 5.76 Å². The van der Waals surface area contributed by atoms with Gasteiger partial charge in [-0.05, 0) is 59.1 Å². The molecule has 1 aromatic carbocycles. The second-order valence-electron chi connectivity index (χ2n) is 4.72. The van der Waals surface area contributed by atoms with E-state index in [0.29, 0.717) is 5.22 Å². The van der Waals surface area contributed by atoms with Crippen LogP contribution in [0.25, 0.3) is 10.1 Å². The van der Waals surface area contributed by atoms with Gasteiger partial charge in [-0.2, -0.15) is 0 Å². The summed E-state index contributed by atoms with van der Waals surface area (Å²) in [6.07, 6.45) is 1.08. The van der Waals surface area contributed by atoms with Crippen LogP contribution >= 0.6 is 22.9 Å². The van der Waals surface area contributed by atoms with Gasteiger partial charge in [-0.15, -0.1) is 11.3 Å². The Labute approximate surface area is 127 Å². The van der Waals surface area contributed by atoms with Crippen LogP contribution in [-0.2, 0) is 0 Å². The van der Waals surface area contributed by atoms with Gasteiger partial charge >= 0.3 is 0 Å². The maximum atomic E-state index is 5.93. The highest BCUT2D eigenvalue weighted by Crippen LogP contribution is 2.34. The molecule has 0 bridgehead atoms. The fourth-order valence-corrected chi connectivity index (χ4v) is 3.50. The Bertz CT molecular complexity index is 703. The Hall–Kier alpha value is -1.29. The molecule has 0 aliphatic rings. The van der Waals surface area contributed by atoms with Crippen LogP contribution in [0.3, 0.4) is 0 Å². The van der Waals surface area contributed by atoms with Crippen molar-refractivity contribution in [3.05, 3.63) is 58.3 Å². The molecule has 1 unspecified atom stereocenters. The average Bonchev–Trinajstić information content (AvgIpc) is 3.07. The molecule has 2 aromatic heterocycles. The Morgan fingerprint density at radius 1 is 1.25 bits per heavy atom. The smallest absolute Gasteiger partial charge is 0.193 e. The average molecular weight is 306 g/mol. The van der Waals surface area contributed by atoms with Gasteiger partial charge in [0.25, 0.3) is 0 Å². The molecular weight excluding hydrogens is 290 g/mol. The van der Waals surface area contributed by atoms with Crippen molar-refractivity contribution in [2.75, 3.05) is 6.54 Å². The minimum Gasteiger partial charge on any atom is -0.448 e. The number of hydrogen-bond acceptors (Lipinski definition) is 3. The van der Waals surface area contributed by atoms with Gasteiger partial charge in [0.05, 0.1) is 6.04 Å². The first-order valence-corrected chi connectivity index (χ1v) is 8.00. The van der Waals surface area contributed by atoms with Gasteiger partial charge in [-0.25, -0.2) is 0 Å². The summed E-state index contributed by atoms with van der Waals surface area (Å²) >= 11 is 7.69. The molecule has 0 aliphatic carbocycles. The lowest BCUT2D eigenvalue weighted by molar-refractivity contribution is 0.449. The summed E-state index contributed by atoms with van der Waals surface area (Å²) in [4.78, 5) is 0. The van der Waals surface area contributed by atoms with Crippen molar-refractivity contribution in [3.63, 3.8) is 0 Å². The minimum absolute atomic E-state index is 0.0543. The van der Waals surface area contributed by atoms with Crippen molar-refractivity contribution >= 4 is 33.0 Å². The summed E-state index contributed by atoms with van der Waals surface area (Å²) in [5, 5.41) is 7.46. The van der Waals surface area contributed by atoms with E-state index >= 15 is 0 Å². The molecule has 4 heteroatoms. The monoisotopic (exact) mass is 305 g/mol. The zero-order chi connectivity index (χ0) is 13.9. The molecule has 1 N–H and O–H groups in total. The van der Waals surface area contributed by atoms with E-state index in [1.165, 1.54) is 15.6 Å². The first kappa shape index (κ1) is 13.7. The summed E-state index contributed by atoms with van der Waals surface area (Å²) in [6, 6.07) is 12.3. The van der Waals surface area contributed by atoms with E-state index in [1.54, 1.807) is 17.4 Å². The number of furan rings is 1. The van der Waals surface area contributed by atoms with E-state index in [4.69, 9.17) is 16.0 Å². The topological polar surface area (TPSA) is 25.2 Å². The zero-order valence-electron chi connectivity index (χ0n) is 11.2. The van der Waals surface area contributed by atoms with Crippen molar-refractivity contribution in [2.45, 2.75) is 19.4 Å². The molecule has 104 valence electrons. The molecule has 0 amide bonds. The zero-order valence-corrected chi connectivity index (χ0v) is 12.8. The number of rotatable bonds is 5. The van der Waals surface area contributed by atoms with Crippen LogP contribution in [0, 0.1) is 0 Å². The third-order valence-corrected chi connectivity index (χ3v) is 4.48. The molecule has 3 aromatic rings. The van der Waals surface area contributed by atoms with E-state index < -0.39 is 0 Å². The molecule has 2 heterocycles. The van der Waals surface area contributed by atoms with Gasteiger partial charge in [0.2, 0.25) is 0 Å². The fraction of sp³-hybridized carbons (Fsp3) is 0.250. The quantitative estimate of drug-likeness (QED) is 0.697. The standard InChI is InChI=1S/C16H16ClNOS/c1-2-9-18-16(13-7-8-15(17)19-13)12-10-20-14-6-4-3-5-11(12)14/h3-8,10,16,18H,2,9H2,1H3. The van der Waals surface area contributed by atoms with Crippen molar-refractivity contribution in [1.82, 2.24) is 5.32 Å². The van der Waals surface area contributed by atoms with Crippen molar-refractivity contribution in [1.29, 1.82) is 0 Å². The number of fused-ring (bicyclic) bond motifs is 1. The minimum atomic E-state index is 0.0543. The van der Waals surface area contributed by atoms with Crippen LogP contribution in [0.15, 0.2) is 46.2 Å². The number of nitrogens with one attached hydrogen (secondary N) is 1. The molecule has 0 radical (unpaired) electrons. The van der Waals surface area contributed by atoms with Crippen LogP contribution in [0.1, 0.15) is 30.7 Å². The molecule has 3 rings (SSSR count). The van der Waals surface area contributed by atoms with Crippen LogP contribution in [0.4, 0.5) is 0 Å². The predicted octanol–water partition coefficient (Wildman–Crippen LogP) is 5.24. The molecular formula is C16H16ClNOS. The molecule has 0 fully saturated rings. The summed E-state index contributed by atoms with van der Waals surface area (Å²) in [5.41, 5.74) is 1.25. The lowest BCUT2D eigenvalue weighted by Crippen LogP contribution is -2.22. The van der Waals surface area contributed by atoms with E-state index in [-0.39, 0.29) is 6.04 Å². The maximum absolute atomic E-state index is 5.93. The second kappa shape index (κ2) is 6.00. The van der Waals surface area contributed by atoms with E-state index in [9.17, 15) is 0 Å². The molecule has 20 heavy (non-hydrogen) atoms. The normalized spacial score (nSPS) is 12.9. The molecule has 0 saturated carbocycles. The number of thiophene rings is 1. The summed E-state index contributed by atoms with van der Waals surface area (Å²) in [6.45, 7) is 3.10. The highest BCUT2D eigenvalue weighted by atomic mass is 35.5. The van der Waals surface area contributed by atoms with Crippen LogP contribution in [0.2, 0.25) is 5.22 Å². The summed E-state index contributed by atoms with van der Waals surface area (Å²) < 4.78 is 6.92. The van der Waals surface area contributed by atoms with Gasteiger partial charge in [-0.3, -0.25) is 0 Å². The van der Waals surface area contributed by atoms with Gasteiger partial charge in [-0.1, -0.05) is 25.1 Å². The molecule has 0 saturated heterocycles.